The maximum atomic E-state index is 12.7. The Morgan fingerprint density at radius 2 is 1.92 bits per heavy atom. The van der Waals surface area contributed by atoms with Crippen molar-refractivity contribution in [2.24, 2.45) is 0 Å². The zero-order valence-corrected chi connectivity index (χ0v) is 12.9. The number of benzene rings is 1. The van der Waals surface area contributed by atoms with Crippen molar-refractivity contribution in [1.82, 2.24) is 9.38 Å². The monoisotopic (exact) mass is 353 g/mol. The van der Waals surface area contributed by atoms with Gasteiger partial charge in [0.25, 0.3) is 5.56 Å². The first-order valence-corrected chi connectivity index (χ1v) is 7.26. The fourth-order valence-electron chi connectivity index (χ4n) is 2.52. The van der Waals surface area contributed by atoms with Gasteiger partial charge in [-0.2, -0.15) is 18.2 Å². The molecular weight excluding hydrogens is 343 g/mol. The summed E-state index contributed by atoms with van der Waals surface area (Å²) < 4.78 is 39.3. The molecule has 0 radical (unpaired) electrons. The van der Waals surface area contributed by atoms with E-state index in [2.05, 4.69) is 4.98 Å². The zero-order valence-electron chi connectivity index (χ0n) is 12.1. The molecule has 0 aliphatic rings. The quantitative estimate of drug-likeness (QED) is 0.764. The average Bonchev–Trinajstić information content (AvgIpc) is 2.47. The summed E-state index contributed by atoms with van der Waals surface area (Å²) in [5.74, 6) is -0.107. The highest BCUT2D eigenvalue weighted by Crippen LogP contribution is 2.30. The van der Waals surface area contributed by atoms with Crippen LogP contribution in [-0.4, -0.2) is 15.6 Å². The van der Waals surface area contributed by atoms with Crippen LogP contribution in [0, 0.1) is 0 Å². The Kier molecular flexibility index (Phi) is 3.96. The van der Waals surface area contributed by atoms with E-state index < -0.39 is 18.2 Å². The van der Waals surface area contributed by atoms with Crippen LogP contribution >= 0.6 is 11.6 Å². The van der Waals surface area contributed by atoms with Crippen molar-refractivity contribution in [3.05, 3.63) is 63.5 Å². The Balaban J connectivity index is 2.33. The molecule has 3 rings (SSSR count). The second-order valence-electron chi connectivity index (χ2n) is 5.21. The second kappa shape index (κ2) is 5.83. The van der Waals surface area contributed by atoms with Crippen LogP contribution in [0.2, 0.25) is 5.02 Å². The SMILES string of the molecule is Nc1nc(=O)c(-c2ccccc2Cl)c2cc(CC(F)(F)F)ccn12. The largest absolute Gasteiger partial charge is 0.393 e. The molecule has 4 nitrogen and oxygen atoms in total. The highest BCUT2D eigenvalue weighted by Gasteiger charge is 2.28. The van der Waals surface area contributed by atoms with Gasteiger partial charge in [-0.15, -0.1) is 0 Å². The number of fused-ring (bicyclic) bond motifs is 1. The van der Waals surface area contributed by atoms with E-state index in [4.69, 9.17) is 17.3 Å². The Bertz CT molecular complexity index is 982. The van der Waals surface area contributed by atoms with Gasteiger partial charge in [0, 0.05) is 16.8 Å². The molecule has 0 unspecified atom stereocenters. The summed E-state index contributed by atoms with van der Waals surface area (Å²) in [6.07, 6.45) is -4.11. The summed E-state index contributed by atoms with van der Waals surface area (Å²) in [6.45, 7) is 0. The van der Waals surface area contributed by atoms with Crippen molar-refractivity contribution < 1.29 is 13.2 Å². The smallest absolute Gasteiger partial charge is 0.369 e. The van der Waals surface area contributed by atoms with Crippen LogP contribution in [0.4, 0.5) is 19.1 Å². The number of nitrogens with zero attached hydrogens (tertiary/aromatic N) is 2. The van der Waals surface area contributed by atoms with E-state index in [-0.39, 0.29) is 22.6 Å². The Morgan fingerprint density at radius 1 is 1.21 bits per heavy atom. The van der Waals surface area contributed by atoms with Gasteiger partial charge >= 0.3 is 6.18 Å². The number of anilines is 1. The number of nitrogen functional groups attached to an aromatic ring is 1. The first-order valence-electron chi connectivity index (χ1n) is 6.89. The molecule has 0 fully saturated rings. The molecule has 24 heavy (non-hydrogen) atoms. The predicted octanol–water partition coefficient (Wildman–Crippen LogP) is 3.70. The summed E-state index contributed by atoms with van der Waals surface area (Å²) in [6, 6.07) is 9.12. The molecule has 2 N–H and O–H groups in total. The number of hydrogen-bond donors (Lipinski definition) is 1. The normalized spacial score (nSPS) is 11.8. The van der Waals surface area contributed by atoms with E-state index in [1.807, 2.05) is 0 Å². The molecule has 2 heterocycles. The minimum atomic E-state index is -4.36. The van der Waals surface area contributed by atoms with E-state index in [9.17, 15) is 18.0 Å². The van der Waals surface area contributed by atoms with Crippen LogP contribution in [-0.2, 0) is 6.42 Å². The average molecular weight is 354 g/mol. The summed E-state index contributed by atoms with van der Waals surface area (Å²) in [5.41, 5.74) is 5.80. The van der Waals surface area contributed by atoms with E-state index in [0.29, 0.717) is 10.6 Å². The van der Waals surface area contributed by atoms with Gasteiger partial charge in [0.2, 0.25) is 5.95 Å². The third-order valence-electron chi connectivity index (χ3n) is 3.50. The van der Waals surface area contributed by atoms with Crippen LogP contribution in [0.5, 0.6) is 0 Å². The van der Waals surface area contributed by atoms with Gasteiger partial charge in [-0.25, -0.2) is 0 Å². The molecule has 2 aromatic heterocycles. The van der Waals surface area contributed by atoms with Crippen LogP contribution in [0.15, 0.2) is 47.4 Å². The second-order valence-corrected chi connectivity index (χ2v) is 5.62. The summed E-state index contributed by atoms with van der Waals surface area (Å²) in [5, 5.41) is 0.296. The highest BCUT2D eigenvalue weighted by atomic mass is 35.5. The fourth-order valence-corrected chi connectivity index (χ4v) is 2.75. The Morgan fingerprint density at radius 3 is 2.58 bits per heavy atom. The van der Waals surface area contributed by atoms with Crippen molar-refractivity contribution in [3.8, 4) is 11.1 Å². The molecule has 0 saturated heterocycles. The molecule has 3 aromatic rings. The lowest BCUT2D eigenvalue weighted by atomic mass is 10.0. The summed E-state index contributed by atoms with van der Waals surface area (Å²) in [4.78, 5) is 16.0. The van der Waals surface area contributed by atoms with Gasteiger partial charge in [-0.1, -0.05) is 29.8 Å². The molecule has 0 aliphatic carbocycles. The van der Waals surface area contributed by atoms with E-state index >= 15 is 0 Å². The van der Waals surface area contributed by atoms with Crippen LogP contribution in [0.1, 0.15) is 5.56 Å². The third kappa shape index (κ3) is 3.07. The first-order chi connectivity index (χ1) is 11.3. The van der Waals surface area contributed by atoms with Gasteiger partial charge in [0.1, 0.15) is 0 Å². The lowest BCUT2D eigenvalue weighted by Gasteiger charge is -2.13. The van der Waals surface area contributed by atoms with E-state index in [1.54, 1.807) is 24.3 Å². The molecule has 0 saturated carbocycles. The lowest BCUT2D eigenvalue weighted by molar-refractivity contribution is -0.127. The number of halogens is 4. The van der Waals surface area contributed by atoms with Gasteiger partial charge in [-0.05, 0) is 23.8 Å². The van der Waals surface area contributed by atoms with Crippen molar-refractivity contribution >= 4 is 23.1 Å². The minimum Gasteiger partial charge on any atom is -0.369 e. The van der Waals surface area contributed by atoms with Crippen molar-refractivity contribution in [2.75, 3.05) is 5.73 Å². The van der Waals surface area contributed by atoms with E-state index in [0.717, 1.165) is 0 Å². The zero-order chi connectivity index (χ0) is 17.5. The summed E-state index contributed by atoms with van der Waals surface area (Å²) >= 11 is 6.13. The number of aromatic nitrogens is 2. The minimum absolute atomic E-state index is 0.0146. The molecule has 0 spiro atoms. The van der Waals surface area contributed by atoms with Crippen molar-refractivity contribution in [2.45, 2.75) is 12.6 Å². The first kappa shape index (κ1) is 16.3. The standard InChI is InChI=1S/C16H11ClF3N3O/c17-11-4-2-1-3-10(11)13-12-7-9(8-16(18,19)20)5-6-23(12)15(21)22-14(13)24/h1-7H,8H2,(H2,21,22,24). The molecule has 0 amide bonds. The molecular formula is C16H11ClF3N3O. The molecule has 0 aliphatic heterocycles. The van der Waals surface area contributed by atoms with Gasteiger partial charge < -0.3 is 5.73 Å². The number of alkyl halides is 3. The summed E-state index contributed by atoms with van der Waals surface area (Å²) in [7, 11) is 0. The molecule has 8 heteroatoms. The maximum Gasteiger partial charge on any atom is 0.393 e. The number of nitrogens with two attached hydrogens (primary N) is 1. The molecule has 124 valence electrons. The highest BCUT2D eigenvalue weighted by molar-refractivity contribution is 6.33. The molecule has 0 bridgehead atoms. The van der Waals surface area contributed by atoms with Crippen LogP contribution < -0.4 is 11.3 Å². The predicted molar refractivity (Wildman–Crippen MR) is 86.1 cm³/mol. The van der Waals surface area contributed by atoms with Crippen LogP contribution in [0.3, 0.4) is 0 Å². The topological polar surface area (TPSA) is 60.4 Å². The third-order valence-corrected chi connectivity index (χ3v) is 3.83. The van der Waals surface area contributed by atoms with Crippen molar-refractivity contribution in [3.63, 3.8) is 0 Å². The number of hydrogen-bond acceptors (Lipinski definition) is 3. The number of rotatable bonds is 2. The van der Waals surface area contributed by atoms with Gasteiger partial charge in [0.15, 0.2) is 0 Å². The lowest BCUT2D eigenvalue weighted by Crippen LogP contribution is -2.18. The van der Waals surface area contributed by atoms with E-state index in [1.165, 1.54) is 22.7 Å². The Hall–Kier alpha value is -2.54. The number of pyridine rings is 1. The van der Waals surface area contributed by atoms with Crippen molar-refractivity contribution in [1.29, 1.82) is 0 Å². The maximum absolute atomic E-state index is 12.7. The molecule has 1 aromatic carbocycles. The molecule has 0 atom stereocenters. The van der Waals surface area contributed by atoms with Crippen LogP contribution in [0.25, 0.3) is 16.6 Å². The Labute approximate surface area is 139 Å². The van der Waals surface area contributed by atoms with Gasteiger partial charge in [-0.3, -0.25) is 9.20 Å². The fraction of sp³-hybridized carbons (Fsp3) is 0.125. The van der Waals surface area contributed by atoms with Gasteiger partial charge in [0.05, 0.1) is 17.5 Å².